The fourth-order valence-electron chi connectivity index (χ4n) is 3.68. The van der Waals surface area contributed by atoms with Crippen LogP contribution >= 0.6 is 0 Å². The molecule has 0 aliphatic heterocycles. The van der Waals surface area contributed by atoms with Crippen molar-refractivity contribution in [3.63, 3.8) is 0 Å². The zero-order valence-corrected chi connectivity index (χ0v) is 12.6. The Morgan fingerprint density at radius 1 is 1.20 bits per heavy atom. The van der Waals surface area contributed by atoms with Crippen LogP contribution in [0.15, 0.2) is 48.7 Å². The van der Waals surface area contributed by atoms with Gasteiger partial charge in [0.2, 0.25) is 0 Å². The summed E-state index contributed by atoms with van der Waals surface area (Å²) in [4.78, 5) is 4.55. The first kappa shape index (κ1) is 13.4. The van der Waals surface area contributed by atoms with Crippen molar-refractivity contribution in [2.75, 3.05) is 0 Å². The molecule has 0 bridgehead atoms. The van der Waals surface area contributed by atoms with Crippen molar-refractivity contribution in [1.29, 1.82) is 0 Å². The Kier molecular flexibility index (Phi) is 3.37. The second-order valence-corrected chi connectivity index (χ2v) is 6.37. The summed E-state index contributed by atoms with van der Waals surface area (Å²) in [5.41, 5.74) is 4.35. The Bertz CT molecular complexity index is 590. The second-order valence-electron chi connectivity index (χ2n) is 6.37. The number of aromatic nitrogens is 1. The number of hydrogen-bond donors (Lipinski definition) is 0. The lowest BCUT2D eigenvalue weighted by atomic mass is 9.78. The van der Waals surface area contributed by atoms with Crippen molar-refractivity contribution < 1.29 is 0 Å². The maximum Gasteiger partial charge on any atom is 0.0704 e. The van der Waals surface area contributed by atoms with E-state index in [2.05, 4.69) is 62.2 Å². The van der Waals surface area contributed by atoms with E-state index in [0.29, 0.717) is 11.3 Å². The average molecular weight is 265 g/mol. The lowest BCUT2D eigenvalue weighted by molar-refractivity contribution is 0.396. The molecule has 3 rings (SSSR count). The molecular weight excluding hydrogens is 242 g/mol. The minimum Gasteiger partial charge on any atom is -0.256 e. The summed E-state index contributed by atoms with van der Waals surface area (Å²) in [5.74, 6) is 1.47. The van der Waals surface area contributed by atoms with Crippen LogP contribution in [0.25, 0.3) is 11.3 Å². The molecule has 3 atom stereocenters. The van der Waals surface area contributed by atoms with Gasteiger partial charge in [0.15, 0.2) is 0 Å². The topological polar surface area (TPSA) is 12.9 Å². The van der Waals surface area contributed by atoms with Crippen molar-refractivity contribution in [2.24, 2.45) is 11.3 Å². The molecule has 20 heavy (non-hydrogen) atoms. The third-order valence-corrected chi connectivity index (χ3v) is 5.19. The van der Waals surface area contributed by atoms with E-state index in [1.165, 1.54) is 24.0 Å². The minimum atomic E-state index is 0.472. The molecule has 1 aliphatic rings. The minimum absolute atomic E-state index is 0.472. The monoisotopic (exact) mass is 265 g/mol. The molecule has 1 heterocycles. The Balaban J connectivity index is 2.06. The third-order valence-electron chi connectivity index (χ3n) is 5.19. The first-order valence-electron chi connectivity index (χ1n) is 7.67. The number of nitrogens with zero attached hydrogens (tertiary/aromatic N) is 1. The molecule has 1 aromatic carbocycles. The summed E-state index contributed by atoms with van der Waals surface area (Å²) in [6.07, 6.45) is 4.43. The van der Waals surface area contributed by atoms with Gasteiger partial charge in [-0.3, -0.25) is 4.98 Å². The van der Waals surface area contributed by atoms with Gasteiger partial charge in [-0.2, -0.15) is 0 Å². The quantitative estimate of drug-likeness (QED) is 0.732. The van der Waals surface area contributed by atoms with E-state index in [0.717, 1.165) is 11.6 Å². The van der Waals surface area contributed by atoms with Crippen molar-refractivity contribution in [2.45, 2.75) is 39.5 Å². The van der Waals surface area contributed by atoms with Gasteiger partial charge in [-0.05, 0) is 47.8 Å². The van der Waals surface area contributed by atoms with Crippen LogP contribution in [-0.2, 0) is 0 Å². The fraction of sp³-hybridized carbons (Fsp3) is 0.421. The fourth-order valence-corrected chi connectivity index (χ4v) is 3.68. The number of rotatable bonds is 4. The molecule has 1 fully saturated rings. The molecule has 1 heteroatoms. The molecule has 1 nitrogen and oxygen atoms in total. The van der Waals surface area contributed by atoms with Crippen LogP contribution in [-0.4, -0.2) is 4.98 Å². The summed E-state index contributed by atoms with van der Waals surface area (Å²) < 4.78 is 0. The van der Waals surface area contributed by atoms with E-state index in [4.69, 9.17) is 0 Å². The summed E-state index contributed by atoms with van der Waals surface area (Å²) in [5, 5.41) is 0. The van der Waals surface area contributed by atoms with Gasteiger partial charge in [-0.1, -0.05) is 51.1 Å². The second kappa shape index (κ2) is 5.05. The number of hydrogen-bond acceptors (Lipinski definition) is 1. The molecule has 1 aromatic heterocycles. The van der Waals surface area contributed by atoms with E-state index in [1.54, 1.807) is 0 Å². The standard InChI is InChI=1S/C19H23N/c1-4-17(19(3)13-14(19)2)15-9-5-6-10-16(15)18-11-7-8-12-20-18/h5-12,14,17H,4,13H2,1-3H3/t14?,17?,19-/m1/s1. The van der Waals surface area contributed by atoms with Gasteiger partial charge in [0.05, 0.1) is 5.69 Å². The predicted octanol–water partition coefficient (Wildman–Crippen LogP) is 5.29. The summed E-state index contributed by atoms with van der Waals surface area (Å²) in [7, 11) is 0. The van der Waals surface area contributed by atoms with Crippen LogP contribution in [0.3, 0.4) is 0 Å². The molecule has 2 aromatic rings. The highest BCUT2D eigenvalue weighted by molar-refractivity contribution is 5.64. The molecule has 0 amide bonds. The number of benzene rings is 1. The molecule has 0 N–H and O–H groups in total. The van der Waals surface area contributed by atoms with Gasteiger partial charge in [0, 0.05) is 11.8 Å². The van der Waals surface area contributed by atoms with Gasteiger partial charge in [0.25, 0.3) is 0 Å². The SMILES string of the molecule is CCC(c1ccccc1-c1ccccn1)[C@]1(C)CC1C. The zero-order valence-electron chi connectivity index (χ0n) is 12.6. The maximum atomic E-state index is 4.55. The van der Waals surface area contributed by atoms with Crippen LogP contribution in [0.5, 0.6) is 0 Å². The highest BCUT2D eigenvalue weighted by atomic mass is 14.7. The number of pyridine rings is 1. The van der Waals surface area contributed by atoms with Crippen molar-refractivity contribution >= 4 is 0 Å². The van der Waals surface area contributed by atoms with E-state index in [1.807, 2.05) is 12.3 Å². The van der Waals surface area contributed by atoms with Crippen molar-refractivity contribution in [1.82, 2.24) is 4.98 Å². The Morgan fingerprint density at radius 2 is 1.90 bits per heavy atom. The van der Waals surface area contributed by atoms with Crippen molar-refractivity contribution in [3.8, 4) is 11.3 Å². The Labute approximate surface area is 122 Å². The van der Waals surface area contributed by atoms with Gasteiger partial charge < -0.3 is 0 Å². The zero-order chi connectivity index (χ0) is 14.2. The molecule has 2 unspecified atom stereocenters. The van der Waals surface area contributed by atoms with Crippen LogP contribution in [0.1, 0.15) is 45.1 Å². The first-order valence-corrected chi connectivity index (χ1v) is 7.67. The highest BCUT2D eigenvalue weighted by Gasteiger charge is 2.52. The van der Waals surface area contributed by atoms with Crippen LogP contribution in [0, 0.1) is 11.3 Å². The first-order chi connectivity index (χ1) is 9.66. The highest BCUT2D eigenvalue weighted by Crippen LogP contribution is 2.62. The molecular formula is C19H23N. The largest absolute Gasteiger partial charge is 0.256 e. The smallest absolute Gasteiger partial charge is 0.0704 e. The summed E-state index contributed by atoms with van der Waals surface area (Å²) >= 11 is 0. The molecule has 1 aliphatic carbocycles. The molecule has 0 saturated heterocycles. The average Bonchev–Trinajstić information content (AvgIpc) is 3.09. The lowest BCUT2D eigenvalue weighted by Gasteiger charge is -2.26. The normalized spacial score (nSPS) is 26.2. The molecule has 1 saturated carbocycles. The van der Waals surface area contributed by atoms with Crippen LogP contribution in [0.4, 0.5) is 0 Å². The van der Waals surface area contributed by atoms with Gasteiger partial charge >= 0.3 is 0 Å². The van der Waals surface area contributed by atoms with Crippen LogP contribution < -0.4 is 0 Å². The van der Waals surface area contributed by atoms with Crippen molar-refractivity contribution in [3.05, 3.63) is 54.2 Å². The van der Waals surface area contributed by atoms with E-state index in [-0.39, 0.29) is 0 Å². The summed E-state index contributed by atoms with van der Waals surface area (Å²) in [6.45, 7) is 7.14. The maximum absolute atomic E-state index is 4.55. The Morgan fingerprint density at radius 3 is 2.50 bits per heavy atom. The predicted molar refractivity (Wildman–Crippen MR) is 84.6 cm³/mol. The van der Waals surface area contributed by atoms with E-state index < -0.39 is 0 Å². The third kappa shape index (κ3) is 2.15. The van der Waals surface area contributed by atoms with Gasteiger partial charge in [-0.15, -0.1) is 0 Å². The molecule has 0 radical (unpaired) electrons. The van der Waals surface area contributed by atoms with E-state index in [9.17, 15) is 0 Å². The van der Waals surface area contributed by atoms with Gasteiger partial charge in [-0.25, -0.2) is 0 Å². The Hall–Kier alpha value is -1.63. The molecule has 0 spiro atoms. The van der Waals surface area contributed by atoms with Gasteiger partial charge in [0.1, 0.15) is 0 Å². The lowest BCUT2D eigenvalue weighted by Crippen LogP contribution is -2.13. The van der Waals surface area contributed by atoms with E-state index >= 15 is 0 Å². The molecule has 104 valence electrons. The van der Waals surface area contributed by atoms with Crippen LogP contribution in [0.2, 0.25) is 0 Å². The summed E-state index contributed by atoms with van der Waals surface area (Å²) in [6, 6.07) is 15.0.